The van der Waals surface area contributed by atoms with Crippen molar-refractivity contribution in [3.8, 4) is 0 Å². The van der Waals surface area contributed by atoms with Crippen molar-refractivity contribution >= 4 is 12.1 Å². The zero-order valence-corrected chi connectivity index (χ0v) is 18.7. The first kappa shape index (κ1) is 23.7. The normalized spacial score (nSPS) is 23.2. The molecule has 2 aliphatic heterocycles. The van der Waals surface area contributed by atoms with Gasteiger partial charge in [0.2, 0.25) is 0 Å². The third kappa shape index (κ3) is 9.67. The monoisotopic (exact) mass is 412 g/mol. The number of piperidine rings is 1. The smallest absolute Gasteiger partial charge is 0.410 e. The van der Waals surface area contributed by atoms with Crippen molar-refractivity contribution in [3.05, 3.63) is 0 Å². The predicted octanol–water partition coefficient (Wildman–Crippen LogP) is 2.24. The van der Waals surface area contributed by atoms with Crippen molar-refractivity contribution in [2.45, 2.75) is 52.1 Å². The van der Waals surface area contributed by atoms with E-state index < -0.39 is 5.60 Å². The van der Waals surface area contributed by atoms with Gasteiger partial charge in [-0.2, -0.15) is 0 Å². The first-order valence-electron chi connectivity index (χ1n) is 11.0. The first-order valence-corrected chi connectivity index (χ1v) is 11.0. The van der Waals surface area contributed by atoms with E-state index in [4.69, 9.17) is 14.2 Å². The molecule has 0 saturated carbocycles. The molecule has 2 saturated heterocycles. The third-order valence-electron chi connectivity index (χ3n) is 5.09. The van der Waals surface area contributed by atoms with Gasteiger partial charge in [-0.3, -0.25) is 4.99 Å². The van der Waals surface area contributed by atoms with Gasteiger partial charge < -0.3 is 29.7 Å². The summed E-state index contributed by atoms with van der Waals surface area (Å²) in [5, 5.41) is 6.72. The molecule has 1 amide bonds. The minimum Gasteiger partial charge on any atom is -0.444 e. The Balaban J connectivity index is 1.58. The highest BCUT2D eigenvalue weighted by Crippen LogP contribution is 2.19. The number of nitrogens with one attached hydrogen (secondary N) is 2. The van der Waals surface area contributed by atoms with Gasteiger partial charge in [0.15, 0.2) is 5.96 Å². The van der Waals surface area contributed by atoms with E-state index in [1.165, 1.54) is 0 Å². The second-order valence-corrected chi connectivity index (χ2v) is 8.97. The minimum atomic E-state index is -0.456. The lowest BCUT2D eigenvalue weighted by Crippen LogP contribution is -2.47. The molecule has 2 rings (SSSR count). The van der Waals surface area contributed by atoms with Crippen molar-refractivity contribution in [1.82, 2.24) is 15.5 Å². The number of hydrogen-bond donors (Lipinski definition) is 2. The van der Waals surface area contributed by atoms with Gasteiger partial charge in [-0.25, -0.2) is 4.79 Å². The predicted molar refractivity (Wildman–Crippen MR) is 114 cm³/mol. The molecule has 0 aromatic rings. The number of likely N-dealkylation sites (tertiary alicyclic amines) is 1. The summed E-state index contributed by atoms with van der Waals surface area (Å²) in [5.41, 5.74) is -0.456. The molecule has 0 aromatic heterocycles. The Bertz CT molecular complexity index is 515. The maximum Gasteiger partial charge on any atom is 0.410 e. The fourth-order valence-electron chi connectivity index (χ4n) is 3.53. The quantitative estimate of drug-likeness (QED) is 0.361. The molecular formula is C21H40N4O4. The fraction of sp³-hybridized carbons (Fsp3) is 0.905. The maximum absolute atomic E-state index is 12.3. The summed E-state index contributed by atoms with van der Waals surface area (Å²) >= 11 is 0. The molecule has 0 bridgehead atoms. The number of carbonyl (C=O) groups is 1. The summed E-state index contributed by atoms with van der Waals surface area (Å²) in [6.45, 7) is 12.0. The van der Waals surface area contributed by atoms with Crippen LogP contribution < -0.4 is 10.6 Å². The molecule has 2 aliphatic rings. The van der Waals surface area contributed by atoms with Crippen LogP contribution in [-0.4, -0.2) is 82.2 Å². The standard InChI is InChI=1S/C21H40N4O4/c1-21(2,3)29-20(26)25-10-5-7-17(14-25)13-24-19(22-4)23-9-6-11-27-15-18-8-12-28-16-18/h17-18H,5-16H2,1-4H3,(H2,22,23,24). The SMILES string of the molecule is CN=C(NCCCOCC1CCOC1)NCC1CCCN(C(=O)OC(C)(C)C)C1. The van der Waals surface area contributed by atoms with Crippen LogP contribution in [0.2, 0.25) is 0 Å². The van der Waals surface area contributed by atoms with Crippen molar-refractivity contribution in [1.29, 1.82) is 0 Å². The number of rotatable bonds is 8. The molecule has 0 aliphatic carbocycles. The first-order chi connectivity index (χ1) is 13.9. The molecule has 0 radical (unpaired) electrons. The summed E-state index contributed by atoms with van der Waals surface area (Å²) < 4.78 is 16.6. The molecule has 2 heterocycles. The van der Waals surface area contributed by atoms with E-state index >= 15 is 0 Å². The molecule has 29 heavy (non-hydrogen) atoms. The summed E-state index contributed by atoms with van der Waals surface area (Å²) in [5.74, 6) is 1.75. The fourth-order valence-corrected chi connectivity index (χ4v) is 3.53. The Labute approximate surface area is 175 Å². The number of ether oxygens (including phenoxy) is 3. The van der Waals surface area contributed by atoms with Crippen molar-refractivity contribution in [3.63, 3.8) is 0 Å². The maximum atomic E-state index is 12.3. The van der Waals surface area contributed by atoms with Gasteiger partial charge in [0.1, 0.15) is 5.60 Å². The van der Waals surface area contributed by atoms with Crippen LogP contribution in [0.4, 0.5) is 4.79 Å². The van der Waals surface area contributed by atoms with Crippen LogP contribution in [0.15, 0.2) is 4.99 Å². The van der Waals surface area contributed by atoms with Gasteiger partial charge in [0.25, 0.3) is 0 Å². The van der Waals surface area contributed by atoms with E-state index in [9.17, 15) is 4.79 Å². The Morgan fingerprint density at radius 2 is 2.07 bits per heavy atom. The van der Waals surface area contributed by atoms with Crippen molar-refractivity contribution in [2.75, 3.05) is 59.7 Å². The number of nitrogens with zero attached hydrogens (tertiary/aromatic N) is 2. The van der Waals surface area contributed by atoms with E-state index in [0.29, 0.717) is 11.8 Å². The molecule has 0 spiro atoms. The molecule has 8 nitrogen and oxygen atoms in total. The molecule has 2 unspecified atom stereocenters. The van der Waals surface area contributed by atoms with Crippen molar-refractivity contribution < 1.29 is 19.0 Å². The second kappa shape index (κ2) is 12.2. The Morgan fingerprint density at radius 1 is 1.24 bits per heavy atom. The van der Waals surface area contributed by atoms with Crippen LogP contribution in [0.3, 0.4) is 0 Å². The minimum absolute atomic E-state index is 0.214. The molecule has 2 N–H and O–H groups in total. The van der Waals surface area contributed by atoms with Gasteiger partial charge in [-0.05, 0) is 52.4 Å². The summed E-state index contributed by atoms with van der Waals surface area (Å²) in [6.07, 6.45) is 3.93. The second-order valence-electron chi connectivity index (χ2n) is 8.97. The number of aliphatic imine (C=N–C) groups is 1. The Kier molecular flexibility index (Phi) is 10.0. The zero-order valence-electron chi connectivity index (χ0n) is 18.7. The lowest BCUT2D eigenvalue weighted by molar-refractivity contribution is 0.0168. The average Bonchev–Trinajstić information content (AvgIpc) is 3.19. The number of carbonyl (C=O) groups excluding carboxylic acids is 1. The van der Waals surface area contributed by atoms with Gasteiger partial charge in [0, 0.05) is 52.4 Å². The summed E-state index contributed by atoms with van der Waals surface area (Å²) in [7, 11) is 1.78. The lowest BCUT2D eigenvalue weighted by Gasteiger charge is -2.34. The Morgan fingerprint density at radius 3 is 2.76 bits per heavy atom. The summed E-state index contributed by atoms with van der Waals surface area (Å²) in [4.78, 5) is 18.4. The topological polar surface area (TPSA) is 84.4 Å². The highest BCUT2D eigenvalue weighted by Gasteiger charge is 2.27. The average molecular weight is 413 g/mol. The molecular weight excluding hydrogens is 372 g/mol. The Hall–Kier alpha value is -1.54. The molecule has 8 heteroatoms. The zero-order chi connectivity index (χ0) is 21.1. The van der Waals surface area contributed by atoms with E-state index in [2.05, 4.69) is 15.6 Å². The van der Waals surface area contributed by atoms with Crippen LogP contribution in [0.1, 0.15) is 46.5 Å². The lowest BCUT2D eigenvalue weighted by atomic mass is 9.98. The highest BCUT2D eigenvalue weighted by molar-refractivity contribution is 5.79. The van der Waals surface area contributed by atoms with E-state index in [-0.39, 0.29) is 6.09 Å². The number of guanidine groups is 1. The largest absolute Gasteiger partial charge is 0.444 e. The summed E-state index contributed by atoms with van der Waals surface area (Å²) in [6, 6.07) is 0. The highest BCUT2D eigenvalue weighted by atomic mass is 16.6. The van der Waals surface area contributed by atoms with Crippen molar-refractivity contribution in [2.24, 2.45) is 16.8 Å². The van der Waals surface area contributed by atoms with Crippen LogP contribution >= 0.6 is 0 Å². The van der Waals surface area contributed by atoms with Gasteiger partial charge >= 0.3 is 6.09 Å². The number of hydrogen-bond acceptors (Lipinski definition) is 5. The molecule has 0 aromatic carbocycles. The van der Waals surface area contributed by atoms with Gasteiger partial charge in [-0.1, -0.05) is 0 Å². The van der Waals surface area contributed by atoms with E-state index in [1.807, 2.05) is 25.7 Å². The van der Waals surface area contributed by atoms with Crippen LogP contribution in [0.25, 0.3) is 0 Å². The van der Waals surface area contributed by atoms with Crippen LogP contribution in [0.5, 0.6) is 0 Å². The van der Waals surface area contributed by atoms with Crippen LogP contribution in [-0.2, 0) is 14.2 Å². The van der Waals surface area contributed by atoms with E-state index in [1.54, 1.807) is 7.05 Å². The van der Waals surface area contributed by atoms with Gasteiger partial charge in [-0.15, -0.1) is 0 Å². The molecule has 168 valence electrons. The molecule has 2 atom stereocenters. The van der Waals surface area contributed by atoms with E-state index in [0.717, 1.165) is 84.2 Å². The molecule has 2 fully saturated rings. The number of amides is 1. The third-order valence-corrected chi connectivity index (χ3v) is 5.09. The van der Waals surface area contributed by atoms with Crippen LogP contribution in [0, 0.1) is 11.8 Å². The van der Waals surface area contributed by atoms with Gasteiger partial charge in [0.05, 0.1) is 13.2 Å².